The minimum atomic E-state index is -0.340. The van der Waals surface area contributed by atoms with Gasteiger partial charge in [0.05, 0.1) is 6.10 Å². The van der Waals surface area contributed by atoms with Crippen LogP contribution in [0.3, 0.4) is 0 Å². The van der Waals surface area contributed by atoms with E-state index in [4.69, 9.17) is 4.74 Å². The predicted octanol–water partition coefficient (Wildman–Crippen LogP) is 1.77. The van der Waals surface area contributed by atoms with Gasteiger partial charge in [-0.05, 0) is 55.8 Å². The molecule has 88 valence electrons. The molecule has 0 amide bonds. The van der Waals surface area contributed by atoms with Crippen LogP contribution in [0.5, 0.6) is 0 Å². The third-order valence-corrected chi connectivity index (χ3v) is 4.80. The van der Waals surface area contributed by atoms with Crippen LogP contribution in [0.25, 0.3) is 0 Å². The molecule has 15 heavy (non-hydrogen) atoms. The molecule has 1 saturated carbocycles. The first-order chi connectivity index (χ1) is 7.09. The minimum Gasteiger partial charge on any atom is -0.388 e. The molecule has 0 unspecified atom stereocenters. The zero-order chi connectivity index (χ0) is 11.0. The smallest absolute Gasteiger partial charge is 0.136 e. The van der Waals surface area contributed by atoms with Crippen molar-refractivity contribution in [3.05, 3.63) is 0 Å². The van der Waals surface area contributed by atoms with Crippen molar-refractivity contribution in [1.82, 2.24) is 4.90 Å². The average molecular weight is 325 g/mol. The van der Waals surface area contributed by atoms with Gasteiger partial charge < -0.3 is 9.84 Å². The fraction of sp³-hybridized carbons (Fsp3) is 1.00. The SMILES string of the molecule is C[C@@H]1C[C@H](N(C)C2CCC2)[C@@H](O)[C@H](I)O1. The zero-order valence-electron chi connectivity index (χ0n) is 9.40. The fourth-order valence-corrected chi connectivity index (χ4v) is 3.46. The van der Waals surface area contributed by atoms with Crippen LogP contribution >= 0.6 is 22.6 Å². The van der Waals surface area contributed by atoms with Crippen LogP contribution in [-0.2, 0) is 4.74 Å². The van der Waals surface area contributed by atoms with Crippen molar-refractivity contribution in [3.8, 4) is 0 Å². The topological polar surface area (TPSA) is 32.7 Å². The van der Waals surface area contributed by atoms with Gasteiger partial charge in [0.15, 0.2) is 0 Å². The molecule has 0 bridgehead atoms. The third-order valence-electron chi connectivity index (χ3n) is 3.77. The van der Waals surface area contributed by atoms with E-state index in [1.807, 2.05) is 0 Å². The largest absolute Gasteiger partial charge is 0.388 e. The lowest BCUT2D eigenvalue weighted by atomic mass is 9.88. The number of nitrogens with zero attached hydrogens (tertiary/aromatic N) is 1. The van der Waals surface area contributed by atoms with Crippen molar-refractivity contribution in [1.29, 1.82) is 0 Å². The van der Waals surface area contributed by atoms with E-state index in [1.165, 1.54) is 19.3 Å². The Hall–Kier alpha value is 0.610. The summed E-state index contributed by atoms with van der Waals surface area (Å²) in [5.41, 5.74) is 0. The van der Waals surface area contributed by atoms with Gasteiger partial charge in [-0.1, -0.05) is 6.42 Å². The van der Waals surface area contributed by atoms with E-state index in [-0.39, 0.29) is 22.4 Å². The normalized spacial score (nSPS) is 43.0. The number of halogens is 1. The van der Waals surface area contributed by atoms with E-state index < -0.39 is 0 Å². The van der Waals surface area contributed by atoms with E-state index in [2.05, 4.69) is 41.5 Å². The van der Waals surface area contributed by atoms with Gasteiger partial charge in [0.2, 0.25) is 0 Å². The molecule has 1 heterocycles. The number of hydrogen-bond donors (Lipinski definition) is 1. The van der Waals surface area contributed by atoms with Gasteiger partial charge in [-0.25, -0.2) is 0 Å². The molecule has 2 fully saturated rings. The highest BCUT2D eigenvalue weighted by atomic mass is 127. The molecule has 0 aromatic heterocycles. The van der Waals surface area contributed by atoms with E-state index in [0.717, 1.165) is 6.42 Å². The highest BCUT2D eigenvalue weighted by Crippen LogP contribution is 2.32. The molecule has 2 rings (SSSR count). The monoisotopic (exact) mass is 325 g/mol. The van der Waals surface area contributed by atoms with Crippen LogP contribution in [0, 0.1) is 0 Å². The Labute approximate surface area is 105 Å². The van der Waals surface area contributed by atoms with Crippen LogP contribution in [0.1, 0.15) is 32.6 Å². The summed E-state index contributed by atoms with van der Waals surface area (Å²) < 4.78 is 5.56. The lowest BCUT2D eigenvalue weighted by Crippen LogP contribution is -2.56. The second-order valence-corrected chi connectivity index (χ2v) is 6.07. The number of aliphatic hydroxyl groups excluding tert-OH is 1. The fourth-order valence-electron chi connectivity index (χ4n) is 2.48. The van der Waals surface area contributed by atoms with E-state index >= 15 is 0 Å². The van der Waals surface area contributed by atoms with Crippen molar-refractivity contribution in [2.75, 3.05) is 7.05 Å². The Morgan fingerprint density at radius 2 is 2.07 bits per heavy atom. The molecule has 4 atom stereocenters. The van der Waals surface area contributed by atoms with Crippen LogP contribution in [-0.4, -0.2) is 45.5 Å². The number of likely N-dealkylation sites (N-methyl/N-ethyl adjacent to an activating group) is 1. The van der Waals surface area contributed by atoms with Crippen LogP contribution in [0.4, 0.5) is 0 Å². The highest BCUT2D eigenvalue weighted by molar-refractivity contribution is 14.1. The number of alkyl halides is 1. The molecule has 0 radical (unpaired) electrons. The summed E-state index contributed by atoms with van der Waals surface area (Å²) in [4.78, 5) is 2.37. The first-order valence-corrected chi connectivity index (χ1v) is 7.03. The first kappa shape index (κ1) is 12.1. The van der Waals surface area contributed by atoms with Crippen LogP contribution in [0.15, 0.2) is 0 Å². The molecular formula is C11H20INO2. The van der Waals surface area contributed by atoms with Gasteiger partial charge in [-0.15, -0.1) is 0 Å². The Morgan fingerprint density at radius 3 is 2.60 bits per heavy atom. The van der Waals surface area contributed by atoms with Crippen LogP contribution < -0.4 is 0 Å². The van der Waals surface area contributed by atoms with Crippen molar-refractivity contribution in [2.24, 2.45) is 0 Å². The highest BCUT2D eigenvalue weighted by Gasteiger charge is 2.39. The van der Waals surface area contributed by atoms with Gasteiger partial charge in [0.1, 0.15) is 10.2 Å². The third kappa shape index (κ3) is 2.48. The van der Waals surface area contributed by atoms with Gasteiger partial charge in [-0.2, -0.15) is 0 Å². The molecular weight excluding hydrogens is 305 g/mol. The average Bonchev–Trinajstić information content (AvgIpc) is 2.08. The number of ether oxygens (including phenoxy) is 1. The second-order valence-electron chi connectivity index (χ2n) is 4.84. The summed E-state index contributed by atoms with van der Waals surface area (Å²) in [5, 5.41) is 10.1. The van der Waals surface area contributed by atoms with Crippen molar-refractivity contribution < 1.29 is 9.84 Å². The Bertz CT molecular complexity index is 223. The molecule has 2 aliphatic rings. The molecule has 4 heteroatoms. The molecule has 1 saturated heterocycles. The summed E-state index contributed by atoms with van der Waals surface area (Å²) in [6.45, 7) is 2.10. The summed E-state index contributed by atoms with van der Waals surface area (Å²) in [6.07, 6.45) is 4.81. The van der Waals surface area contributed by atoms with Crippen molar-refractivity contribution in [3.63, 3.8) is 0 Å². The predicted molar refractivity (Wildman–Crippen MR) is 68.2 cm³/mol. The standard InChI is InChI=1S/C11H20INO2/c1-7-6-9(10(14)11(12)15-7)13(2)8-4-3-5-8/h7-11,14H,3-6H2,1-2H3/t7-,9+,10-,11-/m1/s1. The summed E-state index contributed by atoms with van der Waals surface area (Å²) in [7, 11) is 2.15. The maximum absolute atomic E-state index is 10.1. The summed E-state index contributed by atoms with van der Waals surface area (Å²) in [5.74, 6) is 0. The Kier molecular flexibility index (Phi) is 3.91. The Balaban J connectivity index is 1.98. The Morgan fingerprint density at radius 1 is 1.40 bits per heavy atom. The van der Waals surface area contributed by atoms with Gasteiger partial charge in [0, 0.05) is 12.1 Å². The molecule has 1 aliphatic carbocycles. The lowest BCUT2D eigenvalue weighted by molar-refractivity contribution is -0.113. The summed E-state index contributed by atoms with van der Waals surface area (Å²) >= 11 is 2.20. The number of rotatable bonds is 2. The van der Waals surface area contributed by atoms with Gasteiger partial charge in [0.25, 0.3) is 0 Å². The molecule has 0 spiro atoms. The van der Waals surface area contributed by atoms with Crippen molar-refractivity contribution in [2.45, 2.75) is 61.0 Å². The number of aliphatic hydroxyl groups is 1. The lowest BCUT2D eigenvalue weighted by Gasteiger charge is -2.46. The van der Waals surface area contributed by atoms with Crippen LogP contribution in [0.2, 0.25) is 0 Å². The quantitative estimate of drug-likeness (QED) is 0.620. The van der Waals surface area contributed by atoms with E-state index in [9.17, 15) is 5.11 Å². The molecule has 1 N–H and O–H groups in total. The second kappa shape index (κ2) is 4.85. The zero-order valence-corrected chi connectivity index (χ0v) is 11.6. The molecule has 3 nitrogen and oxygen atoms in total. The molecule has 0 aromatic rings. The van der Waals surface area contributed by atoms with E-state index in [1.54, 1.807) is 0 Å². The molecule has 0 aromatic carbocycles. The summed E-state index contributed by atoms with van der Waals surface area (Å²) in [6, 6.07) is 0.972. The molecule has 1 aliphatic heterocycles. The first-order valence-electron chi connectivity index (χ1n) is 5.79. The maximum Gasteiger partial charge on any atom is 0.136 e. The number of hydrogen-bond acceptors (Lipinski definition) is 3. The van der Waals surface area contributed by atoms with Crippen molar-refractivity contribution >= 4 is 22.6 Å². The maximum atomic E-state index is 10.1. The minimum absolute atomic E-state index is 0.0566. The van der Waals surface area contributed by atoms with Gasteiger partial charge >= 0.3 is 0 Å². The van der Waals surface area contributed by atoms with Gasteiger partial charge in [-0.3, -0.25) is 4.90 Å². The van der Waals surface area contributed by atoms with E-state index in [0.29, 0.717) is 6.04 Å².